The zero-order valence-electron chi connectivity index (χ0n) is 12.9. The number of carbonyl (C=O) groups is 2. The Kier molecular flexibility index (Phi) is 7.31. The highest BCUT2D eigenvalue weighted by Crippen LogP contribution is 2.17. The molecule has 0 aliphatic heterocycles. The van der Waals surface area contributed by atoms with Crippen LogP contribution in [0.1, 0.15) is 15.9 Å². The minimum atomic E-state index is -1.32. The Morgan fingerprint density at radius 2 is 1.65 bits per heavy atom. The molecule has 6 heteroatoms. The van der Waals surface area contributed by atoms with E-state index in [1.54, 1.807) is 18.2 Å². The van der Waals surface area contributed by atoms with E-state index >= 15 is 0 Å². The molecule has 2 rings (SSSR count). The first kappa shape index (κ1) is 18.7. The van der Waals surface area contributed by atoms with E-state index in [9.17, 15) is 14.7 Å². The number of carboxylic acid groups (broad SMARTS) is 1. The van der Waals surface area contributed by atoms with Crippen molar-refractivity contribution in [1.82, 2.24) is 6.15 Å². The van der Waals surface area contributed by atoms with Crippen LogP contribution in [0.2, 0.25) is 0 Å². The number of rotatable bonds is 6. The maximum Gasteiger partial charge on any atom is 0.228 e. The number of hydrogen-bond donors (Lipinski definition) is 3. The fraction of sp³-hybridized carbons (Fsp3) is 0.176. The molecule has 5 nitrogen and oxygen atoms in total. The van der Waals surface area contributed by atoms with Crippen molar-refractivity contribution in [2.45, 2.75) is 6.42 Å². The predicted octanol–water partition coefficient (Wildman–Crippen LogP) is 2.15. The first-order valence-electron chi connectivity index (χ1n) is 6.88. The van der Waals surface area contributed by atoms with Gasteiger partial charge in [-0.3, -0.25) is 4.79 Å². The van der Waals surface area contributed by atoms with Gasteiger partial charge in [0.25, 0.3) is 0 Å². The lowest BCUT2D eigenvalue weighted by atomic mass is 10.00. The topological polar surface area (TPSA) is 106 Å². The molecule has 0 saturated carbocycles. The van der Waals surface area contributed by atoms with Gasteiger partial charge >= 0.3 is 0 Å². The molecule has 0 heterocycles. The van der Waals surface area contributed by atoms with Gasteiger partial charge in [-0.25, -0.2) is 0 Å². The molecule has 0 aliphatic rings. The van der Waals surface area contributed by atoms with Gasteiger partial charge in [-0.15, -0.1) is 0 Å². The Morgan fingerprint density at radius 3 is 2.26 bits per heavy atom. The van der Waals surface area contributed by atoms with Crippen LogP contribution < -0.4 is 16.6 Å². The standard InChI is InChI=1S/C17H17NO3S.H3N/c19-16(13(11-22)10-12-6-2-1-3-7-12)18-15-9-5-4-8-14(15)17(20)21;/h1-9,13,22H,10-11H2,(H,18,19)(H,20,21);1H3. The Labute approximate surface area is 140 Å². The van der Waals surface area contributed by atoms with Gasteiger partial charge in [0.2, 0.25) is 5.91 Å². The lowest BCUT2D eigenvalue weighted by Crippen LogP contribution is -2.29. The maximum atomic E-state index is 12.3. The zero-order valence-corrected chi connectivity index (χ0v) is 13.8. The van der Waals surface area contributed by atoms with Gasteiger partial charge in [0.05, 0.1) is 11.9 Å². The van der Waals surface area contributed by atoms with Crippen molar-refractivity contribution < 1.29 is 14.7 Å². The summed E-state index contributed by atoms with van der Waals surface area (Å²) in [6.07, 6.45) is 0.545. The van der Waals surface area contributed by atoms with E-state index in [0.29, 0.717) is 12.2 Å². The van der Waals surface area contributed by atoms with Gasteiger partial charge < -0.3 is 21.4 Å². The normalized spacial score (nSPS) is 11.2. The molecule has 1 atom stereocenters. The first-order chi connectivity index (χ1) is 10.6. The SMILES string of the molecule is O=C([O-])c1ccccc1NC(=O)C(CS)Cc1ccccc1.[NH4+]. The lowest BCUT2D eigenvalue weighted by Gasteiger charge is -2.17. The molecular weight excluding hydrogens is 312 g/mol. The molecule has 0 aromatic heterocycles. The van der Waals surface area contributed by atoms with Crippen LogP contribution in [0, 0.1) is 5.92 Å². The molecule has 0 fully saturated rings. The third-order valence-corrected chi connectivity index (χ3v) is 3.76. The van der Waals surface area contributed by atoms with Crippen LogP contribution in [0.4, 0.5) is 5.69 Å². The summed E-state index contributed by atoms with van der Waals surface area (Å²) in [4.78, 5) is 23.4. The second kappa shape index (κ2) is 8.97. The number of aromatic carboxylic acids is 1. The molecule has 0 spiro atoms. The second-order valence-corrected chi connectivity index (χ2v) is 5.26. The highest BCUT2D eigenvalue weighted by Gasteiger charge is 2.18. The number of hydrogen-bond acceptors (Lipinski definition) is 4. The number of carboxylic acids is 1. The van der Waals surface area contributed by atoms with Gasteiger partial charge in [0.15, 0.2) is 0 Å². The summed E-state index contributed by atoms with van der Waals surface area (Å²) in [5, 5.41) is 13.7. The van der Waals surface area contributed by atoms with Crippen molar-refractivity contribution in [2.24, 2.45) is 5.92 Å². The Bertz CT molecular complexity index is 662. The summed E-state index contributed by atoms with van der Waals surface area (Å²) in [7, 11) is 0. The van der Waals surface area contributed by atoms with Crippen LogP contribution in [0.3, 0.4) is 0 Å². The monoisotopic (exact) mass is 332 g/mol. The average molecular weight is 332 g/mol. The third kappa shape index (κ3) is 5.12. The Morgan fingerprint density at radius 1 is 1.04 bits per heavy atom. The first-order valence-corrected chi connectivity index (χ1v) is 7.51. The number of carbonyl (C=O) groups excluding carboxylic acids is 2. The molecule has 1 amide bonds. The number of amides is 1. The van der Waals surface area contributed by atoms with Crippen molar-refractivity contribution in [2.75, 3.05) is 11.1 Å². The van der Waals surface area contributed by atoms with Gasteiger partial charge in [-0.1, -0.05) is 48.5 Å². The number of benzene rings is 2. The molecule has 0 radical (unpaired) electrons. The fourth-order valence-corrected chi connectivity index (χ4v) is 2.44. The molecule has 122 valence electrons. The molecule has 1 unspecified atom stereocenters. The number of nitrogens with one attached hydrogen (secondary N) is 1. The van der Waals surface area contributed by atoms with Crippen LogP contribution in [-0.4, -0.2) is 17.6 Å². The minimum absolute atomic E-state index is 0. The van der Waals surface area contributed by atoms with E-state index in [4.69, 9.17) is 0 Å². The maximum absolute atomic E-state index is 12.3. The molecular formula is C17H20N2O3S. The van der Waals surface area contributed by atoms with E-state index in [0.717, 1.165) is 5.56 Å². The van der Waals surface area contributed by atoms with Crippen LogP contribution >= 0.6 is 12.6 Å². The minimum Gasteiger partial charge on any atom is -0.545 e. The molecule has 5 N–H and O–H groups in total. The van der Waals surface area contributed by atoms with Crippen molar-refractivity contribution >= 4 is 30.2 Å². The van der Waals surface area contributed by atoms with E-state index in [1.165, 1.54) is 6.07 Å². The van der Waals surface area contributed by atoms with E-state index in [2.05, 4.69) is 17.9 Å². The molecule has 0 bridgehead atoms. The average Bonchev–Trinajstić information content (AvgIpc) is 2.53. The van der Waals surface area contributed by atoms with Crippen molar-refractivity contribution in [1.29, 1.82) is 0 Å². The number of anilines is 1. The number of thiol groups is 1. The van der Waals surface area contributed by atoms with E-state index in [-0.39, 0.29) is 29.2 Å². The van der Waals surface area contributed by atoms with Crippen molar-refractivity contribution in [3.05, 3.63) is 65.7 Å². The highest BCUT2D eigenvalue weighted by molar-refractivity contribution is 7.80. The zero-order chi connectivity index (χ0) is 15.9. The number of quaternary nitrogens is 1. The molecule has 2 aromatic rings. The second-order valence-electron chi connectivity index (χ2n) is 4.89. The summed E-state index contributed by atoms with van der Waals surface area (Å²) in [5.74, 6) is -1.55. The van der Waals surface area contributed by atoms with Crippen molar-refractivity contribution in [3.63, 3.8) is 0 Å². The molecule has 0 aliphatic carbocycles. The smallest absolute Gasteiger partial charge is 0.228 e. The fourth-order valence-electron chi connectivity index (χ4n) is 2.14. The number of para-hydroxylation sites is 1. The van der Waals surface area contributed by atoms with Gasteiger partial charge in [0, 0.05) is 17.0 Å². The van der Waals surface area contributed by atoms with Crippen LogP contribution in [-0.2, 0) is 11.2 Å². The summed E-state index contributed by atoms with van der Waals surface area (Å²) in [5.41, 5.74) is 1.24. The van der Waals surface area contributed by atoms with Gasteiger partial charge in [-0.05, 0) is 18.1 Å². The summed E-state index contributed by atoms with van der Waals surface area (Å²) in [6.45, 7) is 0. The highest BCUT2D eigenvalue weighted by atomic mass is 32.1. The third-order valence-electron chi connectivity index (χ3n) is 3.32. The molecule has 2 aromatic carbocycles. The summed E-state index contributed by atoms with van der Waals surface area (Å²) < 4.78 is 0. The van der Waals surface area contributed by atoms with Crippen molar-refractivity contribution in [3.8, 4) is 0 Å². The van der Waals surface area contributed by atoms with Crippen LogP contribution in [0.5, 0.6) is 0 Å². The summed E-state index contributed by atoms with van der Waals surface area (Å²) >= 11 is 4.23. The lowest BCUT2D eigenvalue weighted by molar-refractivity contribution is -0.254. The molecule has 0 saturated heterocycles. The predicted molar refractivity (Wildman–Crippen MR) is 92.9 cm³/mol. The van der Waals surface area contributed by atoms with Crippen LogP contribution in [0.25, 0.3) is 0 Å². The van der Waals surface area contributed by atoms with E-state index < -0.39 is 5.97 Å². The van der Waals surface area contributed by atoms with Crippen LogP contribution in [0.15, 0.2) is 54.6 Å². The molecule has 23 heavy (non-hydrogen) atoms. The Balaban J connectivity index is 0.00000264. The largest absolute Gasteiger partial charge is 0.545 e. The quantitative estimate of drug-likeness (QED) is 0.706. The van der Waals surface area contributed by atoms with Gasteiger partial charge in [-0.2, -0.15) is 12.6 Å². The van der Waals surface area contributed by atoms with Gasteiger partial charge in [0.1, 0.15) is 0 Å². The Hall–Kier alpha value is -2.31. The summed E-state index contributed by atoms with van der Waals surface area (Å²) in [6, 6.07) is 15.8. The van der Waals surface area contributed by atoms with E-state index in [1.807, 2.05) is 30.3 Å².